The molecule has 1 aromatic rings. The third-order valence-electron chi connectivity index (χ3n) is 2.93. The number of rotatable bonds is 7. The van der Waals surface area contributed by atoms with E-state index in [1.165, 1.54) is 30.4 Å². The summed E-state index contributed by atoms with van der Waals surface area (Å²) in [7, 11) is 0. The van der Waals surface area contributed by atoms with Crippen LogP contribution in [0.3, 0.4) is 0 Å². The van der Waals surface area contributed by atoms with Crippen molar-refractivity contribution >= 4 is 0 Å². The smallest absolute Gasteiger partial charge is 0.00230 e. The molecule has 1 aromatic carbocycles. The normalized spacial score (nSPS) is 12.7. The molecule has 0 aromatic heterocycles. The molecule has 1 atom stereocenters. The van der Waals surface area contributed by atoms with Gasteiger partial charge in [0.2, 0.25) is 0 Å². The maximum Gasteiger partial charge on any atom is -0.00230 e. The van der Waals surface area contributed by atoms with Gasteiger partial charge in [-0.15, -0.1) is 0 Å². The molecule has 0 bridgehead atoms. The van der Waals surface area contributed by atoms with E-state index in [1.54, 1.807) is 0 Å². The van der Waals surface area contributed by atoms with Crippen LogP contribution in [0.15, 0.2) is 24.3 Å². The van der Waals surface area contributed by atoms with E-state index in [2.05, 4.69) is 50.4 Å². The lowest BCUT2D eigenvalue weighted by molar-refractivity contribution is 0.481. The predicted molar refractivity (Wildman–Crippen MR) is 71.8 cm³/mol. The summed E-state index contributed by atoms with van der Waals surface area (Å²) in [6.07, 6.45) is 3.71. The van der Waals surface area contributed by atoms with Gasteiger partial charge in [-0.25, -0.2) is 0 Å². The van der Waals surface area contributed by atoms with Gasteiger partial charge in [0.1, 0.15) is 0 Å². The van der Waals surface area contributed by atoms with Crippen LogP contribution in [0.4, 0.5) is 0 Å². The molecule has 0 spiro atoms. The number of nitrogens with one attached hydrogen (secondary N) is 1. The molecule has 1 unspecified atom stereocenters. The molecular weight excluding hydrogens is 194 g/mol. The van der Waals surface area contributed by atoms with Gasteiger partial charge in [-0.05, 0) is 50.8 Å². The van der Waals surface area contributed by atoms with Crippen molar-refractivity contribution in [1.82, 2.24) is 5.32 Å². The Morgan fingerprint density at radius 3 is 2.81 bits per heavy atom. The molecule has 90 valence electrons. The van der Waals surface area contributed by atoms with Crippen molar-refractivity contribution in [2.75, 3.05) is 13.1 Å². The van der Waals surface area contributed by atoms with Crippen molar-refractivity contribution in [3.05, 3.63) is 35.4 Å². The van der Waals surface area contributed by atoms with Crippen LogP contribution in [0.1, 0.15) is 37.8 Å². The number of hydrogen-bond donors (Lipinski definition) is 1. The molecule has 0 saturated carbocycles. The maximum absolute atomic E-state index is 3.48. The first kappa shape index (κ1) is 13.2. The Bertz CT molecular complexity index is 293. The molecule has 0 aliphatic heterocycles. The Morgan fingerprint density at radius 2 is 2.12 bits per heavy atom. The zero-order valence-electron chi connectivity index (χ0n) is 10.9. The van der Waals surface area contributed by atoms with E-state index in [4.69, 9.17) is 0 Å². The fraction of sp³-hybridized carbons (Fsp3) is 0.600. The first-order valence-electron chi connectivity index (χ1n) is 6.48. The highest BCUT2D eigenvalue weighted by Gasteiger charge is 2.02. The molecule has 0 aliphatic rings. The van der Waals surface area contributed by atoms with Gasteiger partial charge in [-0.1, -0.05) is 43.7 Å². The molecule has 0 fully saturated rings. The Labute approximate surface area is 100 Å². The first-order chi connectivity index (χ1) is 7.72. The molecule has 1 N–H and O–H groups in total. The SMILES string of the molecule is CCCNCC(C)CCc1cccc(C)c1. The summed E-state index contributed by atoms with van der Waals surface area (Å²) in [5.74, 6) is 0.770. The molecule has 0 amide bonds. The molecule has 1 rings (SSSR count). The second-order valence-electron chi connectivity index (χ2n) is 4.84. The monoisotopic (exact) mass is 219 g/mol. The average molecular weight is 219 g/mol. The molecule has 0 heterocycles. The minimum Gasteiger partial charge on any atom is -0.316 e. The molecule has 0 saturated heterocycles. The van der Waals surface area contributed by atoms with E-state index in [0.29, 0.717) is 0 Å². The number of hydrogen-bond acceptors (Lipinski definition) is 1. The largest absolute Gasteiger partial charge is 0.316 e. The topological polar surface area (TPSA) is 12.0 Å². The van der Waals surface area contributed by atoms with E-state index in [0.717, 1.165) is 19.0 Å². The number of aryl methyl sites for hydroxylation is 2. The summed E-state index contributed by atoms with van der Waals surface area (Å²) in [5.41, 5.74) is 2.84. The zero-order valence-corrected chi connectivity index (χ0v) is 10.9. The quantitative estimate of drug-likeness (QED) is 0.691. The van der Waals surface area contributed by atoms with E-state index in [9.17, 15) is 0 Å². The molecule has 0 aliphatic carbocycles. The molecule has 16 heavy (non-hydrogen) atoms. The number of benzene rings is 1. The Morgan fingerprint density at radius 1 is 1.31 bits per heavy atom. The van der Waals surface area contributed by atoms with E-state index >= 15 is 0 Å². The van der Waals surface area contributed by atoms with Crippen LogP contribution in [0, 0.1) is 12.8 Å². The summed E-state index contributed by atoms with van der Waals surface area (Å²) in [5, 5.41) is 3.48. The van der Waals surface area contributed by atoms with Crippen molar-refractivity contribution in [3.8, 4) is 0 Å². The van der Waals surface area contributed by atoms with E-state index in [-0.39, 0.29) is 0 Å². The molecule has 1 nitrogen and oxygen atoms in total. The first-order valence-corrected chi connectivity index (χ1v) is 6.48. The second-order valence-corrected chi connectivity index (χ2v) is 4.84. The van der Waals surface area contributed by atoms with E-state index in [1.807, 2.05) is 0 Å². The standard InChI is InChI=1S/C15H25N/c1-4-10-16-12-14(3)8-9-15-7-5-6-13(2)11-15/h5-7,11,14,16H,4,8-10,12H2,1-3H3. The fourth-order valence-corrected chi connectivity index (χ4v) is 1.91. The van der Waals surface area contributed by atoms with Crippen molar-refractivity contribution in [2.45, 2.75) is 40.0 Å². The maximum atomic E-state index is 3.48. The van der Waals surface area contributed by atoms with Gasteiger partial charge in [-0.2, -0.15) is 0 Å². The highest BCUT2D eigenvalue weighted by molar-refractivity contribution is 5.22. The lowest BCUT2D eigenvalue weighted by Crippen LogP contribution is -2.22. The van der Waals surface area contributed by atoms with Crippen LogP contribution < -0.4 is 5.32 Å². The highest BCUT2D eigenvalue weighted by Crippen LogP contribution is 2.10. The van der Waals surface area contributed by atoms with Gasteiger partial charge in [0.25, 0.3) is 0 Å². The van der Waals surface area contributed by atoms with Gasteiger partial charge in [-0.3, -0.25) is 0 Å². The molecule has 0 radical (unpaired) electrons. The summed E-state index contributed by atoms with van der Waals surface area (Å²) in [4.78, 5) is 0. The Kier molecular flexibility index (Phi) is 6.17. The molecule has 1 heteroatoms. The minimum absolute atomic E-state index is 0.770. The van der Waals surface area contributed by atoms with Crippen molar-refractivity contribution in [2.24, 2.45) is 5.92 Å². The van der Waals surface area contributed by atoms with Gasteiger partial charge >= 0.3 is 0 Å². The summed E-state index contributed by atoms with van der Waals surface area (Å²) < 4.78 is 0. The third-order valence-corrected chi connectivity index (χ3v) is 2.93. The molecular formula is C15H25N. The van der Waals surface area contributed by atoms with Crippen LogP contribution in [-0.2, 0) is 6.42 Å². The lowest BCUT2D eigenvalue weighted by Gasteiger charge is -2.12. The minimum atomic E-state index is 0.770. The van der Waals surface area contributed by atoms with Gasteiger partial charge in [0.15, 0.2) is 0 Å². The van der Waals surface area contributed by atoms with Crippen molar-refractivity contribution in [3.63, 3.8) is 0 Å². The Balaban J connectivity index is 2.23. The van der Waals surface area contributed by atoms with Crippen molar-refractivity contribution in [1.29, 1.82) is 0 Å². The van der Waals surface area contributed by atoms with Gasteiger partial charge in [0.05, 0.1) is 0 Å². The Hall–Kier alpha value is -0.820. The lowest BCUT2D eigenvalue weighted by atomic mass is 10.00. The summed E-state index contributed by atoms with van der Waals surface area (Å²) >= 11 is 0. The van der Waals surface area contributed by atoms with Gasteiger partial charge in [0, 0.05) is 0 Å². The van der Waals surface area contributed by atoms with Crippen LogP contribution >= 0.6 is 0 Å². The zero-order chi connectivity index (χ0) is 11.8. The fourth-order valence-electron chi connectivity index (χ4n) is 1.91. The summed E-state index contributed by atoms with van der Waals surface area (Å²) in [6.45, 7) is 9.01. The van der Waals surface area contributed by atoms with Crippen LogP contribution in [0.2, 0.25) is 0 Å². The summed E-state index contributed by atoms with van der Waals surface area (Å²) in [6, 6.07) is 8.85. The third kappa shape index (κ3) is 5.32. The second kappa shape index (κ2) is 7.45. The van der Waals surface area contributed by atoms with Crippen LogP contribution in [0.25, 0.3) is 0 Å². The van der Waals surface area contributed by atoms with E-state index < -0.39 is 0 Å². The van der Waals surface area contributed by atoms with Crippen LogP contribution in [0.5, 0.6) is 0 Å². The highest BCUT2D eigenvalue weighted by atomic mass is 14.8. The predicted octanol–water partition coefficient (Wildman–Crippen LogP) is 3.56. The average Bonchev–Trinajstić information content (AvgIpc) is 2.27. The van der Waals surface area contributed by atoms with Crippen LogP contribution in [-0.4, -0.2) is 13.1 Å². The van der Waals surface area contributed by atoms with Crippen molar-refractivity contribution < 1.29 is 0 Å². The van der Waals surface area contributed by atoms with Gasteiger partial charge < -0.3 is 5.32 Å².